The molecule has 0 unspecified atom stereocenters. The van der Waals surface area contributed by atoms with Crippen LogP contribution in [-0.2, 0) is 0 Å². The number of nitrogens with one attached hydrogen (secondary N) is 1. The molecule has 0 spiro atoms. The number of hydrogen-bond donors (Lipinski definition) is 2. The van der Waals surface area contributed by atoms with E-state index in [-0.39, 0.29) is 18.3 Å². The number of aliphatic hydroxyl groups excluding tert-OH is 1. The molecule has 19 heavy (non-hydrogen) atoms. The summed E-state index contributed by atoms with van der Waals surface area (Å²) in [5.74, 6) is -0.498. The van der Waals surface area contributed by atoms with Crippen LogP contribution in [0.3, 0.4) is 0 Å². The minimum absolute atomic E-state index is 0.0188. The molecular formula is C14H16FNO2S. The van der Waals surface area contributed by atoms with E-state index in [0.717, 1.165) is 10.1 Å². The molecule has 1 aromatic carbocycles. The summed E-state index contributed by atoms with van der Waals surface area (Å²) in [6, 6.07) is 6.22. The van der Waals surface area contributed by atoms with Gasteiger partial charge >= 0.3 is 0 Å². The van der Waals surface area contributed by atoms with Crippen LogP contribution >= 0.6 is 11.3 Å². The first kappa shape index (κ1) is 14.0. The molecule has 3 nitrogen and oxygen atoms in total. The van der Waals surface area contributed by atoms with Crippen molar-refractivity contribution >= 4 is 27.3 Å². The zero-order valence-electron chi connectivity index (χ0n) is 10.9. The van der Waals surface area contributed by atoms with Crippen LogP contribution in [0.1, 0.15) is 29.9 Å². The van der Waals surface area contributed by atoms with Crippen molar-refractivity contribution in [2.24, 2.45) is 0 Å². The molecule has 5 heteroatoms. The van der Waals surface area contributed by atoms with Crippen molar-refractivity contribution in [2.75, 3.05) is 6.61 Å². The Hall–Kier alpha value is -1.46. The Morgan fingerprint density at radius 1 is 1.42 bits per heavy atom. The van der Waals surface area contributed by atoms with Gasteiger partial charge in [-0.1, -0.05) is 6.07 Å². The molecule has 2 aromatic rings. The Bertz CT molecular complexity index is 607. The van der Waals surface area contributed by atoms with Crippen LogP contribution < -0.4 is 5.32 Å². The lowest BCUT2D eigenvalue weighted by Crippen LogP contribution is -2.43. The van der Waals surface area contributed by atoms with E-state index >= 15 is 0 Å². The summed E-state index contributed by atoms with van der Waals surface area (Å²) in [6.07, 6.45) is 0.484. The monoisotopic (exact) mass is 281 g/mol. The quantitative estimate of drug-likeness (QED) is 0.905. The van der Waals surface area contributed by atoms with Gasteiger partial charge in [0.05, 0.1) is 4.88 Å². The highest BCUT2D eigenvalue weighted by Gasteiger charge is 2.21. The maximum atomic E-state index is 13.1. The lowest BCUT2D eigenvalue weighted by Gasteiger charge is -2.24. The standard InChI is InChI=1S/C14H16FNO2S/c1-14(2,5-6-17)16-13(18)12-7-9-3-4-10(15)8-11(9)19-12/h3-4,7-8,17H,5-6H2,1-2H3,(H,16,18). The second kappa shape index (κ2) is 5.27. The third kappa shape index (κ3) is 3.30. The van der Waals surface area contributed by atoms with Crippen LogP contribution in [0.4, 0.5) is 4.39 Å². The Morgan fingerprint density at radius 2 is 2.16 bits per heavy atom. The van der Waals surface area contributed by atoms with Crippen LogP contribution in [0.15, 0.2) is 24.3 Å². The molecule has 0 saturated carbocycles. The number of aliphatic hydroxyl groups is 1. The molecule has 0 aliphatic carbocycles. The molecule has 0 bridgehead atoms. The van der Waals surface area contributed by atoms with E-state index in [2.05, 4.69) is 5.32 Å². The molecule has 1 amide bonds. The van der Waals surface area contributed by atoms with Gasteiger partial charge in [0.2, 0.25) is 0 Å². The maximum Gasteiger partial charge on any atom is 0.261 e. The fraction of sp³-hybridized carbons (Fsp3) is 0.357. The number of carbonyl (C=O) groups is 1. The Balaban J connectivity index is 2.22. The summed E-state index contributed by atoms with van der Waals surface area (Å²) in [4.78, 5) is 12.7. The smallest absolute Gasteiger partial charge is 0.261 e. The van der Waals surface area contributed by atoms with Crippen molar-refractivity contribution in [3.8, 4) is 0 Å². The van der Waals surface area contributed by atoms with Crippen LogP contribution in [0.25, 0.3) is 10.1 Å². The van der Waals surface area contributed by atoms with Gasteiger partial charge in [-0.2, -0.15) is 0 Å². The van der Waals surface area contributed by atoms with Gasteiger partial charge in [-0.05, 0) is 43.9 Å². The second-order valence-electron chi connectivity index (χ2n) is 5.10. The number of halogens is 1. The highest BCUT2D eigenvalue weighted by molar-refractivity contribution is 7.20. The molecule has 2 N–H and O–H groups in total. The normalized spacial score (nSPS) is 11.8. The molecular weight excluding hydrogens is 265 g/mol. The summed E-state index contributed by atoms with van der Waals surface area (Å²) in [6.45, 7) is 3.73. The van der Waals surface area contributed by atoms with E-state index in [4.69, 9.17) is 5.11 Å². The SMILES string of the molecule is CC(C)(CCO)NC(=O)c1cc2ccc(F)cc2s1. The topological polar surface area (TPSA) is 49.3 Å². The fourth-order valence-corrected chi connectivity index (χ4v) is 2.81. The van der Waals surface area contributed by atoms with Crippen molar-refractivity contribution < 1.29 is 14.3 Å². The molecule has 1 aromatic heterocycles. The highest BCUT2D eigenvalue weighted by atomic mass is 32.1. The minimum Gasteiger partial charge on any atom is -0.396 e. The van der Waals surface area contributed by atoms with Crippen LogP contribution in [0.2, 0.25) is 0 Å². The first-order valence-electron chi connectivity index (χ1n) is 6.04. The summed E-state index contributed by atoms with van der Waals surface area (Å²) >= 11 is 1.26. The third-order valence-electron chi connectivity index (χ3n) is 2.89. The maximum absolute atomic E-state index is 13.1. The van der Waals surface area contributed by atoms with Crippen LogP contribution in [0.5, 0.6) is 0 Å². The molecule has 0 radical (unpaired) electrons. The van der Waals surface area contributed by atoms with Crippen LogP contribution in [0, 0.1) is 5.82 Å². The molecule has 102 valence electrons. The second-order valence-corrected chi connectivity index (χ2v) is 6.19. The number of carbonyl (C=O) groups excluding carboxylic acids is 1. The first-order valence-corrected chi connectivity index (χ1v) is 6.85. The van der Waals surface area contributed by atoms with Crippen molar-refractivity contribution in [3.05, 3.63) is 35.0 Å². The van der Waals surface area contributed by atoms with E-state index in [9.17, 15) is 9.18 Å². The van der Waals surface area contributed by atoms with E-state index in [0.29, 0.717) is 11.3 Å². The predicted octanol–water partition coefficient (Wildman–Crippen LogP) is 2.93. The minimum atomic E-state index is -0.465. The van der Waals surface area contributed by atoms with E-state index in [1.165, 1.54) is 23.5 Å². The summed E-state index contributed by atoms with van der Waals surface area (Å²) in [5.41, 5.74) is -0.465. The van der Waals surface area contributed by atoms with Gasteiger partial charge in [0.15, 0.2) is 0 Å². The Morgan fingerprint density at radius 3 is 2.84 bits per heavy atom. The zero-order chi connectivity index (χ0) is 14.0. The first-order chi connectivity index (χ1) is 8.91. The molecule has 0 saturated heterocycles. The van der Waals surface area contributed by atoms with Crippen LogP contribution in [-0.4, -0.2) is 23.2 Å². The zero-order valence-corrected chi connectivity index (χ0v) is 11.7. The van der Waals surface area contributed by atoms with E-state index < -0.39 is 5.54 Å². The van der Waals surface area contributed by atoms with Gasteiger partial charge < -0.3 is 10.4 Å². The predicted molar refractivity (Wildman–Crippen MR) is 75.0 cm³/mol. The van der Waals surface area contributed by atoms with Crippen molar-refractivity contribution in [1.82, 2.24) is 5.32 Å². The average molecular weight is 281 g/mol. The number of rotatable bonds is 4. The summed E-state index contributed by atoms with van der Waals surface area (Å²) in [7, 11) is 0. The lowest BCUT2D eigenvalue weighted by atomic mass is 10.0. The van der Waals surface area contributed by atoms with Crippen molar-refractivity contribution in [1.29, 1.82) is 0 Å². The van der Waals surface area contributed by atoms with Gasteiger partial charge in [-0.3, -0.25) is 4.79 Å². The molecule has 2 rings (SSSR count). The number of hydrogen-bond acceptors (Lipinski definition) is 3. The molecule has 1 heterocycles. The Labute approximate surface area is 115 Å². The third-order valence-corrected chi connectivity index (χ3v) is 3.99. The van der Waals surface area contributed by atoms with Gasteiger partial charge in [-0.25, -0.2) is 4.39 Å². The van der Waals surface area contributed by atoms with Crippen molar-refractivity contribution in [2.45, 2.75) is 25.8 Å². The summed E-state index contributed by atoms with van der Waals surface area (Å²) < 4.78 is 13.9. The molecule has 0 aliphatic heterocycles. The van der Waals surface area contributed by atoms with E-state index in [1.54, 1.807) is 12.1 Å². The molecule has 0 aliphatic rings. The number of amides is 1. The molecule has 0 atom stereocenters. The van der Waals surface area contributed by atoms with Gasteiger partial charge in [0.25, 0.3) is 5.91 Å². The lowest BCUT2D eigenvalue weighted by molar-refractivity contribution is 0.0904. The van der Waals surface area contributed by atoms with Gasteiger partial charge in [0, 0.05) is 16.8 Å². The van der Waals surface area contributed by atoms with Gasteiger partial charge in [-0.15, -0.1) is 11.3 Å². The van der Waals surface area contributed by atoms with E-state index in [1.807, 2.05) is 13.8 Å². The fourth-order valence-electron chi connectivity index (χ4n) is 1.83. The number of benzene rings is 1. The summed E-state index contributed by atoms with van der Waals surface area (Å²) in [5, 5.41) is 12.7. The van der Waals surface area contributed by atoms with Gasteiger partial charge in [0.1, 0.15) is 5.82 Å². The largest absolute Gasteiger partial charge is 0.396 e. The molecule has 0 fully saturated rings. The Kier molecular flexibility index (Phi) is 3.87. The van der Waals surface area contributed by atoms with Crippen molar-refractivity contribution in [3.63, 3.8) is 0 Å². The number of fused-ring (bicyclic) bond motifs is 1. The highest BCUT2D eigenvalue weighted by Crippen LogP contribution is 2.26. The average Bonchev–Trinajstić information content (AvgIpc) is 2.71. The number of thiophene rings is 1.